The van der Waals surface area contributed by atoms with E-state index in [9.17, 15) is 9.90 Å². The highest BCUT2D eigenvalue weighted by molar-refractivity contribution is 6.06. The van der Waals surface area contributed by atoms with Gasteiger partial charge in [0.1, 0.15) is 11.4 Å². The van der Waals surface area contributed by atoms with Crippen molar-refractivity contribution in [2.45, 2.75) is 33.2 Å². The lowest BCUT2D eigenvalue weighted by Gasteiger charge is -2.25. The van der Waals surface area contributed by atoms with Crippen molar-refractivity contribution in [3.8, 4) is 17.0 Å². The van der Waals surface area contributed by atoms with Crippen molar-refractivity contribution in [1.82, 2.24) is 15.2 Å². The Bertz CT molecular complexity index is 1020. The van der Waals surface area contributed by atoms with Crippen molar-refractivity contribution >= 4 is 16.7 Å². The summed E-state index contributed by atoms with van der Waals surface area (Å²) >= 11 is 0. The van der Waals surface area contributed by atoms with Crippen LogP contribution in [0.5, 0.6) is 5.75 Å². The second-order valence-corrected chi connectivity index (χ2v) is 8.00. The number of pyridine rings is 1. The summed E-state index contributed by atoms with van der Waals surface area (Å²) in [5.41, 5.74) is 2.12. The van der Waals surface area contributed by atoms with E-state index in [2.05, 4.69) is 24.1 Å². The van der Waals surface area contributed by atoms with Crippen LogP contribution in [-0.2, 0) is 0 Å². The van der Waals surface area contributed by atoms with Crippen molar-refractivity contribution in [3.05, 3.63) is 60.3 Å². The fourth-order valence-electron chi connectivity index (χ4n) is 3.73. The van der Waals surface area contributed by atoms with Crippen LogP contribution in [0.15, 0.2) is 54.6 Å². The molecule has 170 valence electrons. The highest BCUT2D eigenvalue weighted by atomic mass is 16.5. The van der Waals surface area contributed by atoms with Gasteiger partial charge in [-0.25, -0.2) is 4.98 Å². The second kappa shape index (κ2) is 11.6. The standard InChI is InChI=1S/C26H33N3O3/c1-4-32-22-12-10-20(11-13-22)24-18-21-8-5-6-9-23(21)25(28-24)26(31)27-14-7-15-29(16-17-30)19(2)3/h5-6,8-13,18-19,30H,4,7,14-17H2,1-3H3,(H,27,31). The highest BCUT2D eigenvalue weighted by Crippen LogP contribution is 2.26. The lowest BCUT2D eigenvalue weighted by molar-refractivity contribution is 0.0946. The number of aromatic nitrogens is 1. The van der Waals surface area contributed by atoms with E-state index in [0.29, 0.717) is 31.4 Å². The number of amides is 1. The number of aliphatic hydroxyl groups is 1. The van der Waals surface area contributed by atoms with Crippen LogP contribution >= 0.6 is 0 Å². The van der Waals surface area contributed by atoms with Crippen LogP contribution in [0.25, 0.3) is 22.0 Å². The van der Waals surface area contributed by atoms with E-state index in [1.807, 2.05) is 61.5 Å². The first-order valence-electron chi connectivity index (χ1n) is 11.3. The average molecular weight is 436 g/mol. The van der Waals surface area contributed by atoms with E-state index in [1.165, 1.54) is 0 Å². The maximum absolute atomic E-state index is 13.0. The number of carbonyl (C=O) groups excluding carboxylic acids is 1. The molecule has 2 N–H and O–H groups in total. The Kier molecular flexibility index (Phi) is 8.59. The van der Waals surface area contributed by atoms with Gasteiger partial charge in [-0.3, -0.25) is 9.69 Å². The molecule has 2 aromatic carbocycles. The Hall–Kier alpha value is -2.96. The number of nitrogens with zero attached hydrogens (tertiary/aromatic N) is 2. The molecule has 0 atom stereocenters. The normalized spacial score (nSPS) is 11.3. The number of hydrogen-bond acceptors (Lipinski definition) is 5. The Morgan fingerprint density at radius 3 is 2.56 bits per heavy atom. The molecule has 0 aliphatic heterocycles. The molecular weight excluding hydrogens is 402 g/mol. The molecule has 1 aromatic heterocycles. The summed E-state index contributed by atoms with van der Waals surface area (Å²) in [6.07, 6.45) is 0.806. The smallest absolute Gasteiger partial charge is 0.270 e. The van der Waals surface area contributed by atoms with Gasteiger partial charge in [-0.1, -0.05) is 24.3 Å². The lowest BCUT2D eigenvalue weighted by atomic mass is 10.0. The summed E-state index contributed by atoms with van der Waals surface area (Å²) in [7, 11) is 0. The molecule has 6 heteroatoms. The molecule has 32 heavy (non-hydrogen) atoms. The first kappa shape index (κ1) is 23.7. The summed E-state index contributed by atoms with van der Waals surface area (Å²) in [6, 6.07) is 18.0. The largest absolute Gasteiger partial charge is 0.494 e. The summed E-state index contributed by atoms with van der Waals surface area (Å²) < 4.78 is 5.53. The van der Waals surface area contributed by atoms with Crippen molar-refractivity contribution in [2.24, 2.45) is 0 Å². The van der Waals surface area contributed by atoms with E-state index in [-0.39, 0.29) is 12.5 Å². The van der Waals surface area contributed by atoms with Gasteiger partial charge in [0.15, 0.2) is 0 Å². The van der Waals surface area contributed by atoms with Crippen LogP contribution in [0.2, 0.25) is 0 Å². The Morgan fingerprint density at radius 2 is 1.88 bits per heavy atom. The molecule has 0 radical (unpaired) electrons. The molecule has 6 nitrogen and oxygen atoms in total. The first-order chi connectivity index (χ1) is 15.5. The molecule has 1 amide bonds. The van der Waals surface area contributed by atoms with Crippen LogP contribution in [0, 0.1) is 0 Å². The number of nitrogens with one attached hydrogen (secondary N) is 1. The predicted molar refractivity (Wildman–Crippen MR) is 129 cm³/mol. The highest BCUT2D eigenvalue weighted by Gasteiger charge is 2.15. The van der Waals surface area contributed by atoms with Crippen LogP contribution in [-0.4, -0.2) is 59.8 Å². The SMILES string of the molecule is CCOc1ccc(-c2cc3ccccc3c(C(=O)NCCCN(CCO)C(C)C)n2)cc1. The third-order valence-corrected chi connectivity index (χ3v) is 5.44. The molecule has 0 fully saturated rings. The zero-order valence-electron chi connectivity index (χ0n) is 19.2. The van der Waals surface area contributed by atoms with Crippen molar-refractivity contribution in [1.29, 1.82) is 0 Å². The molecule has 0 aliphatic carbocycles. The van der Waals surface area contributed by atoms with Crippen molar-refractivity contribution in [3.63, 3.8) is 0 Å². The molecule has 0 saturated carbocycles. The summed E-state index contributed by atoms with van der Waals surface area (Å²) in [5, 5.41) is 14.1. The quantitative estimate of drug-likeness (QED) is 0.443. The molecular formula is C26H33N3O3. The fraction of sp³-hybridized carbons (Fsp3) is 0.385. The third-order valence-electron chi connectivity index (χ3n) is 5.44. The van der Waals surface area contributed by atoms with Gasteiger partial charge >= 0.3 is 0 Å². The van der Waals surface area contributed by atoms with E-state index in [1.54, 1.807) is 0 Å². The molecule has 3 rings (SSSR count). The van der Waals surface area contributed by atoms with Crippen LogP contribution in [0.3, 0.4) is 0 Å². The molecule has 0 bridgehead atoms. The zero-order valence-corrected chi connectivity index (χ0v) is 19.2. The predicted octanol–water partition coefficient (Wildman–Crippen LogP) is 4.12. The number of carbonyl (C=O) groups is 1. The first-order valence-corrected chi connectivity index (χ1v) is 11.3. The van der Waals surface area contributed by atoms with Gasteiger partial charge in [0.2, 0.25) is 0 Å². The van der Waals surface area contributed by atoms with Gasteiger partial charge in [-0.2, -0.15) is 0 Å². The minimum atomic E-state index is -0.174. The lowest BCUT2D eigenvalue weighted by Crippen LogP contribution is -2.36. The number of aliphatic hydroxyl groups excluding tert-OH is 1. The number of ether oxygens (including phenoxy) is 1. The van der Waals surface area contributed by atoms with Crippen molar-refractivity contribution in [2.75, 3.05) is 32.8 Å². The molecule has 0 aliphatic rings. The number of benzene rings is 2. The van der Waals surface area contributed by atoms with Gasteiger partial charge in [-0.15, -0.1) is 0 Å². The minimum Gasteiger partial charge on any atom is -0.494 e. The van der Waals surface area contributed by atoms with E-state index in [4.69, 9.17) is 9.72 Å². The molecule has 0 saturated heterocycles. The summed E-state index contributed by atoms with van der Waals surface area (Å²) in [6.45, 7) is 8.94. The number of rotatable bonds is 11. The van der Waals surface area contributed by atoms with Gasteiger partial charge in [0, 0.05) is 36.6 Å². The van der Waals surface area contributed by atoms with Crippen LogP contribution in [0.1, 0.15) is 37.7 Å². The molecule has 3 aromatic rings. The maximum atomic E-state index is 13.0. The van der Waals surface area contributed by atoms with E-state index in [0.717, 1.165) is 40.7 Å². The Labute approximate surface area is 190 Å². The topological polar surface area (TPSA) is 74.7 Å². The maximum Gasteiger partial charge on any atom is 0.270 e. The van der Waals surface area contributed by atoms with Crippen LogP contribution in [0.4, 0.5) is 0 Å². The Balaban J connectivity index is 1.77. The van der Waals surface area contributed by atoms with E-state index >= 15 is 0 Å². The second-order valence-electron chi connectivity index (χ2n) is 8.00. The molecule has 0 spiro atoms. The summed E-state index contributed by atoms with van der Waals surface area (Å²) in [5.74, 6) is 0.638. The average Bonchev–Trinajstić information content (AvgIpc) is 2.80. The zero-order chi connectivity index (χ0) is 22.9. The third kappa shape index (κ3) is 6.05. The van der Waals surface area contributed by atoms with Gasteiger partial charge < -0.3 is 15.2 Å². The van der Waals surface area contributed by atoms with Gasteiger partial charge in [-0.05, 0) is 62.9 Å². The summed E-state index contributed by atoms with van der Waals surface area (Å²) in [4.78, 5) is 20.0. The fourth-order valence-corrected chi connectivity index (χ4v) is 3.73. The number of hydrogen-bond donors (Lipinski definition) is 2. The van der Waals surface area contributed by atoms with Gasteiger partial charge in [0.05, 0.1) is 18.9 Å². The monoisotopic (exact) mass is 435 g/mol. The molecule has 1 heterocycles. The molecule has 0 unspecified atom stereocenters. The van der Waals surface area contributed by atoms with Crippen LogP contribution < -0.4 is 10.1 Å². The van der Waals surface area contributed by atoms with E-state index < -0.39 is 0 Å². The minimum absolute atomic E-state index is 0.138. The van der Waals surface area contributed by atoms with Gasteiger partial charge in [0.25, 0.3) is 5.91 Å². The number of fused-ring (bicyclic) bond motifs is 1. The Morgan fingerprint density at radius 1 is 1.12 bits per heavy atom. The van der Waals surface area contributed by atoms with Crippen molar-refractivity contribution < 1.29 is 14.6 Å².